The summed E-state index contributed by atoms with van der Waals surface area (Å²) in [6.45, 7) is 11.4. The molecule has 0 aromatic carbocycles. The lowest BCUT2D eigenvalue weighted by Gasteiger charge is -2.41. The van der Waals surface area contributed by atoms with Crippen LogP contribution in [0, 0.1) is 0 Å². The predicted octanol–water partition coefficient (Wildman–Crippen LogP) is 0.866. The van der Waals surface area contributed by atoms with Gasteiger partial charge in [0, 0.05) is 38.3 Å². The van der Waals surface area contributed by atoms with Gasteiger partial charge in [-0.3, -0.25) is 4.90 Å². The van der Waals surface area contributed by atoms with E-state index in [-0.39, 0.29) is 5.54 Å². The summed E-state index contributed by atoms with van der Waals surface area (Å²) in [6, 6.07) is 0. The highest BCUT2D eigenvalue weighted by Crippen LogP contribution is 2.16. The van der Waals surface area contributed by atoms with Gasteiger partial charge in [0.2, 0.25) is 0 Å². The topological polar surface area (TPSA) is 33.7 Å². The molecule has 100 valence electrons. The average molecular weight is 242 g/mol. The first-order valence-electron chi connectivity index (χ1n) is 6.83. The third-order valence-electron chi connectivity index (χ3n) is 3.82. The van der Waals surface area contributed by atoms with Crippen molar-refractivity contribution in [3.8, 4) is 0 Å². The van der Waals surface area contributed by atoms with Crippen LogP contribution in [-0.2, 0) is 9.47 Å². The van der Waals surface area contributed by atoms with Crippen molar-refractivity contribution >= 4 is 0 Å². The van der Waals surface area contributed by atoms with Crippen LogP contribution < -0.4 is 5.32 Å². The van der Waals surface area contributed by atoms with Crippen LogP contribution in [0.1, 0.15) is 26.7 Å². The predicted molar refractivity (Wildman–Crippen MR) is 68.3 cm³/mol. The molecule has 17 heavy (non-hydrogen) atoms. The number of ether oxygens (including phenoxy) is 2. The zero-order valence-electron chi connectivity index (χ0n) is 11.2. The van der Waals surface area contributed by atoms with Crippen molar-refractivity contribution in [2.75, 3.05) is 46.0 Å². The summed E-state index contributed by atoms with van der Waals surface area (Å²) in [5.74, 6) is 0. The van der Waals surface area contributed by atoms with Crippen LogP contribution in [0.2, 0.25) is 0 Å². The Kier molecular flexibility index (Phi) is 4.79. The minimum absolute atomic E-state index is 0.211. The van der Waals surface area contributed by atoms with Gasteiger partial charge < -0.3 is 14.8 Å². The third-order valence-corrected chi connectivity index (χ3v) is 3.82. The van der Waals surface area contributed by atoms with E-state index in [1.54, 1.807) is 0 Å². The van der Waals surface area contributed by atoms with Crippen molar-refractivity contribution in [1.82, 2.24) is 10.2 Å². The van der Waals surface area contributed by atoms with Crippen LogP contribution >= 0.6 is 0 Å². The molecule has 0 saturated carbocycles. The Labute approximate surface area is 105 Å². The van der Waals surface area contributed by atoms with Gasteiger partial charge in [0.25, 0.3) is 0 Å². The Bertz CT molecular complexity index is 221. The lowest BCUT2D eigenvalue weighted by Crippen LogP contribution is -2.55. The standard InChI is InChI=1S/C13H26N2O2/c1-13(2,15-5-8-16-9-6-15)11-14-10-12-4-3-7-17-12/h12,14H,3-11H2,1-2H3. The molecule has 0 radical (unpaired) electrons. The summed E-state index contributed by atoms with van der Waals surface area (Å²) in [7, 11) is 0. The fourth-order valence-corrected chi connectivity index (χ4v) is 2.62. The van der Waals surface area contributed by atoms with E-state index in [2.05, 4.69) is 24.1 Å². The average Bonchev–Trinajstić information content (AvgIpc) is 2.83. The van der Waals surface area contributed by atoms with Gasteiger partial charge in [-0.05, 0) is 26.7 Å². The summed E-state index contributed by atoms with van der Waals surface area (Å²) >= 11 is 0. The van der Waals surface area contributed by atoms with E-state index in [0.717, 1.165) is 46.0 Å². The number of nitrogens with one attached hydrogen (secondary N) is 1. The number of hydrogen-bond donors (Lipinski definition) is 1. The smallest absolute Gasteiger partial charge is 0.0700 e. The molecule has 2 aliphatic heterocycles. The molecule has 0 aromatic heterocycles. The summed E-state index contributed by atoms with van der Waals surface area (Å²) in [5, 5.41) is 3.56. The van der Waals surface area contributed by atoms with Gasteiger partial charge in [-0.25, -0.2) is 0 Å². The van der Waals surface area contributed by atoms with Gasteiger partial charge in [0.15, 0.2) is 0 Å². The second-order valence-corrected chi connectivity index (χ2v) is 5.68. The van der Waals surface area contributed by atoms with Crippen molar-refractivity contribution in [1.29, 1.82) is 0 Å². The van der Waals surface area contributed by atoms with Gasteiger partial charge in [-0.15, -0.1) is 0 Å². The summed E-state index contributed by atoms with van der Waals surface area (Å²) in [4.78, 5) is 2.51. The lowest BCUT2D eigenvalue weighted by molar-refractivity contribution is -0.0105. The minimum atomic E-state index is 0.211. The number of hydrogen-bond acceptors (Lipinski definition) is 4. The Hall–Kier alpha value is -0.160. The van der Waals surface area contributed by atoms with E-state index in [1.165, 1.54) is 12.8 Å². The van der Waals surface area contributed by atoms with E-state index < -0.39 is 0 Å². The lowest BCUT2D eigenvalue weighted by atomic mass is 10.0. The molecule has 2 rings (SSSR count). The Balaban J connectivity index is 1.68. The molecule has 2 saturated heterocycles. The van der Waals surface area contributed by atoms with Crippen LogP contribution in [0.3, 0.4) is 0 Å². The van der Waals surface area contributed by atoms with E-state index in [4.69, 9.17) is 9.47 Å². The van der Waals surface area contributed by atoms with Gasteiger partial charge in [0.1, 0.15) is 0 Å². The maximum atomic E-state index is 5.62. The Morgan fingerprint density at radius 3 is 2.65 bits per heavy atom. The number of rotatable bonds is 5. The quantitative estimate of drug-likeness (QED) is 0.775. The molecule has 1 unspecified atom stereocenters. The Morgan fingerprint density at radius 1 is 1.24 bits per heavy atom. The molecule has 0 bridgehead atoms. The van der Waals surface area contributed by atoms with Crippen LogP contribution in [0.5, 0.6) is 0 Å². The molecule has 2 fully saturated rings. The first kappa shape index (κ1) is 13.3. The first-order valence-corrected chi connectivity index (χ1v) is 6.83. The molecule has 1 N–H and O–H groups in total. The molecule has 1 atom stereocenters. The van der Waals surface area contributed by atoms with Crippen molar-refractivity contribution in [3.63, 3.8) is 0 Å². The highest BCUT2D eigenvalue weighted by atomic mass is 16.5. The SMILES string of the molecule is CC(C)(CNCC1CCCO1)N1CCOCC1. The molecule has 2 heterocycles. The molecule has 0 spiro atoms. The molecular formula is C13H26N2O2. The molecule has 0 aromatic rings. The fourth-order valence-electron chi connectivity index (χ4n) is 2.62. The van der Waals surface area contributed by atoms with Crippen LogP contribution in [0.4, 0.5) is 0 Å². The van der Waals surface area contributed by atoms with Crippen LogP contribution in [0.15, 0.2) is 0 Å². The zero-order chi connectivity index (χ0) is 12.1. The van der Waals surface area contributed by atoms with Crippen LogP contribution in [-0.4, -0.2) is 62.5 Å². The maximum absolute atomic E-state index is 5.62. The second kappa shape index (κ2) is 6.14. The molecule has 4 heteroatoms. The van der Waals surface area contributed by atoms with Gasteiger partial charge >= 0.3 is 0 Å². The highest BCUT2D eigenvalue weighted by molar-refractivity contribution is 4.85. The summed E-state index contributed by atoms with van der Waals surface area (Å²) < 4.78 is 11.0. The van der Waals surface area contributed by atoms with Crippen LogP contribution in [0.25, 0.3) is 0 Å². The van der Waals surface area contributed by atoms with E-state index in [0.29, 0.717) is 6.10 Å². The monoisotopic (exact) mass is 242 g/mol. The fraction of sp³-hybridized carbons (Fsp3) is 1.00. The molecule has 0 amide bonds. The van der Waals surface area contributed by atoms with Crippen molar-refractivity contribution < 1.29 is 9.47 Å². The molecular weight excluding hydrogens is 216 g/mol. The van der Waals surface area contributed by atoms with E-state index in [1.807, 2.05) is 0 Å². The number of morpholine rings is 1. The van der Waals surface area contributed by atoms with E-state index in [9.17, 15) is 0 Å². The minimum Gasteiger partial charge on any atom is -0.379 e. The molecule has 0 aliphatic carbocycles. The third kappa shape index (κ3) is 3.91. The van der Waals surface area contributed by atoms with Crippen molar-refractivity contribution in [3.05, 3.63) is 0 Å². The first-order chi connectivity index (χ1) is 8.18. The summed E-state index contributed by atoms with van der Waals surface area (Å²) in [6.07, 6.45) is 2.87. The van der Waals surface area contributed by atoms with E-state index >= 15 is 0 Å². The number of nitrogens with zero attached hydrogens (tertiary/aromatic N) is 1. The summed E-state index contributed by atoms with van der Waals surface area (Å²) in [5.41, 5.74) is 0.211. The van der Waals surface area contributed by atoms with Gasteiger partial charge in [-0.2, -0.15) is 0 Å². The highest BCUT2D eigenvalue weighted by Gasteiger charge is 2.28. The largest absolute Gasteiger partial charge is 0.379 e. The van der Waals surface area contributed by atoms with Gasteiger partial charge in [-0.1, -0.05) is 0 Å². The Morgan fingerprint density at radius 2 is 2.00 bits per heavy atom. The zero-order valence-corrected chi connectivity index (χ0v) is 11.2. The van der Waals surface area contributed by atoms with Crippen molar-refractivity contribution in [2.45, 2.75) is 38.3 Å². The molecule has 4 nitrogen and oxygen atoms in total. The normalized spacial score (nSPS) is 27.5. The van der Waals surface area contributed by atoms with Gasteiger partial charge in [0.05, 0.1) is 19.3 Å². The maximum Gasteiger partial charge on any atom is 0.0700 e. The second-order valence-electron chi connectivity index (χ2n) is 5.68. The molecule has 2 aliphatic rings. The van der Waals surface area contributed by atoms with Crippen molar-refractivity contribution in [2.24, 2.45) is 0 Å².